The molecule has 162 valence electrons. The number of pyridine rings is 1. The van der Waals surface area contributed by atoms with Gasteiger partial charge in [-0.15, -0.1) is 0 Å². The molecule has 12 heteroatoms. The number of anilines is 1. The molecule has 0 aliphatic carbocycles. The lowest BCUT2D eigenvalue weighted by Gasteiger charge is -2.36. The number of aromatic nitrogens is 1. The Bertz CT molecular complexity index is 668. The lowest BCUT2D eigenvalue weighted by Crippen LogP contribution is -2.41. The van der Waals surface area contributed by atoms with E-state index in [1.807, 2.05) is 4.90 Å². The second-order valence-corrected chi connectivity index (χ2v) is 7.27. The van der Waals surface area contributed by atoms with E-state index in [4.69, 9.17) is 37.0 Å². The molecule has 29 heavy (non-hydrogen) atoms. The monoisotopic (exact) mass is 437 g/mol. The molecule has 1 aliphatic rings. The Labute approximate surface area is 172 Å². The van der Waals surface area contributed by atoms with Crippen LogP contribution >= 0.6 is 11.6 Å². The zero-order valence-corrected chi connectivity index (χ0v) is 16.5. The number of hydrogen-bond donors (Lipinski definition) is 3. The van der Waals surface area contributed by atoms with E-state index in [9.17, 15) is 13.2 Å². The lowest BCUT2D eigenvalue weighted by molar-refractivity contribution is -0.191. The van der Waals surface area contributed by atoms with Gasteiger partial charge in [-0.1, -0.05) is 24.4 Å². The Balaban J connectivity index is 0.00000132. The quantitative estimate of drug-likeness (QED) is 0.443. The van der Waals surface area contributed by atoms with E-state index < -0.39 is 18.9 Å². The average Bonchev–Trinajstić information content (AvgIpc) is 2.65. The Hall–Kier alpha value is -1.65. The average molecular weight is 438 g/mol. The van der Waals surface area contributed by atoms with Crippen molar-refractivity contribution in [1.82, 2.24) is 4.98 Å². The molecule has 1 unspecified atom stereocenters. The van der Waals surface area contributed by atoms with Crippen LogP contribution < -0.4 is 10.6 Å². The van der Waals surface area contributed by atoms with Gasteiger partial charge in [0.2, 0.25) is 0 Å². The van der Waals surface area contributed by atoms with Crippen molar-refractivity contribution in [3.8, 4) is 0 Å². The van der Waals surface area contributed by atoms with E-state index >= 15 is 0 Å². The molecule has 2 rings (SSSR count). The second-order valence-electron chi connectivity index (χ2n) is 6.86. The van der Waals surface area contributed by atoms with Crippen LogP contribution in [-0.2, 0) is 15.8 Å². The molecular weight excluding hydrogens is 413 g/mol. The molecule has 0 bridgehead atoms. The summed E-state index contributed by atoms with van der Waals surface area (Å²) in [5.41, 5.74) is 5.39. The summed E-state index contributed by atoms with van der Waals surface area (Å²) < 4.78 is 38.1. The number of piperidine rings is 1. The summed E-state index contributed by atoms with van der Waals surface area (Å²) in [6, 6.07) is 0.945. The minimum Gasteiger partial charge on any atom is -0.427 e. The third-order valence-electron chi connectivity index (χ3n) is 4.84. The fourth-order valence-electron chi connectivity index (χ4n) is 3.30. The summed E-state index contributed by atoms with van der Waals surface area (Å²) in [6.45, 7) is 1.29. The molecular formula is C17H24BClF3N3O4. The van der Waals surface area contributed by atoms with Crippen LogP contribution in [0, 0.1) is 5.92 Å². The Morgan fingerprint density at radius 3 is 2.38 bits per heavy atom. The summed E-state index contributed by atoms with van der Waals surface area (Å²) in [5.74, 6) is 0.710. The molecule has 1 aromatic rings. The summed E-state index contributed by atoms with van der Waals surface area (Å²) in [4.78, 5) is 22.1. The predicted octanol–water partition coefficient (Wildman–Crippen LogP) is 2.36. The summed E-state index contributed by atoms with van der Waals surface area (Å²) >= 11 is 6.01. The molecule has 0 saturated carbocycles. The highest BCUT2D eigenvalue weighted by atomic mass is 35.5. The van der Waals surface area contributed by atoms with Crippen LogP contribution in [0.2, 0.25) is 11.3 Å². The van der Waals surface area contributed by atoms with E-state index in [0.29, 0.717) is 31.1 Å². The van der Waals surface area contributed by atoms with Crippen molar-refractivity contribution in [2.45, 2.75) is 50.6 Å². The minimum absolute atomic E-state index is 0.00475. The number of alkyl halides is 3. The molecule has 2 heterocycles. The van der Waals surface area contributed by atoms with Gasteiger partial charge in [0, 0.05) is 25.3 Å². The van der Waals surface area contributed by atoms with Crippen molar-refractivity contribution >= 4 is 30.7 Å². The number of nitrogens with zero attached hydrogens (tertiary/aromatic N) is 2. The van der Waals surface area contributed by atoms with Crippen molar-refractivity contribution in [2.75, 3.05) is 18.0 Å². The Kier molecular flexibility index (Phi) is 10.6. The van der Waals surface area contributed by atoms with E-state index in [2.05, 4.69) is 4.98 Å². The lowest BCUT2D eigenvalue weighted by atomic mass is 9.82. The zero-order valence-electron chi connectivity index (χ0n) is 15.7. The van der Waals surface area contributed by atoms with Gasteiger partial charge in [-0.2, -0.15) is 22.8 Å². The van der Waals surface area contributed by atoms with Gasteiger partial charge in [0.15, 0.2) is 0 Å². The van der Waals surface area contributed by atoms with E-state index in [0.717, 1.165) is 44.4 Å². The summed E-state index contributed by atoms with van der Waals surface area (Å²) in [7, 11) is -1.27. The van der Waals surface area contributed by atoms with E-state index in [1.54, 1.807) is 0 Å². The minimum atomic E-state index is -4.46. The molecule has 1 fully saturated rings. The Morgan fingerprint density at radius 2 is 1.90 bits per heavy atom. The third-order valence-corrected chi connectivity index (χ3v) is 5.12. The number of unbranched alkanes of at least 4 members (excludes halogenated alkanes) is 1. The van der Waals surface area contributed by atoms with Gasteiger partial charge in [-0.3, -0.25) is 0 Å². The smallest absolute Gasteiger partial charge is 0.427 e. The first kappa shape index (κ1) is 25.4. The third kappa shape index (κ3) is 8.71. The molecule has 1 atom stereocenters. The highest BCUT2D eigenvalue weighted by molar-refractivity contribution is 6.40. The molecule has 1 aliphatic heterocycles. The molecule has 0 spiro atoms. The van der Waals surface area contributed by atoms with Crippen molar-refractivity contribution in [2.24, 2.45) is 11.7 Å². The fourth-order valence-corrected chi connectivity index (χ4v) is 3.59. The molecule has 4 N–H and O–H groups in total. The number of carbonyl (C=O) groups excluding carboxylic acids is 2. The van der Waals surface area contributed by atoms with Crippen molar-refractivity contribution in [1.29, 1.82) is 0 Å². The van der Waals surface area contributed by atoms with Gasteiger partial charge in [0.25, 0.3) is 0 Å². The normalized spacial score (nSPS) is 15.9. The molecule has 7 nitrogen and oxygen atoms in total. The first-order chi connectivity index (χ1) is 13.6. The van der Waals surface area contributed by atoms with Gasteiger partial charge in [0.05, 0.1) is 10.6 Å². The van der Waals surface area contributed by atoms with Crippen molar-refractivity contribution < 1.29 is 32.8 Å². The van der Waals surface area contributed by atoms with Crippen LogP contribution in [0.15, 0.2) is 12.3 Å². The van der Waals surface area contributed by atoms with Crippen LogP contribution in [-0.4, -0.2) is 47.4 Å². The number of nitrogens with two attached hydrogens (primary N) is 1. The van der Waals surface area contributed by atoms with Crippen LogP contribution in [0.5, 0.6) is 0 Å². The standard InChI is InChI=1S/C16H24BClF3N3O2.CO2/c18-13-9-12(16(19,20)21)10-23-15(13)24-7-4-11(5-8-24)14(22)3-1-2-6-17(25)26;2-1-3/h9-11,14,25-26H,1-8,22H2;. The highest BCUT2D eigenvalue weighted by Crippen LogP contribution is 2.35. The largest absolute Gasteiger partial charge is 0.451 e. The number of rotatable bonds is 7. The zero-order chi connectivity index (χ0) is 22.0. The van der Waals surface area contributed by atoms with Crippen LogP contribution in [0.3, 0.4) is 0 Å². The fraction of sp³-hybridized carbons (Fsp3) is 0.647. The van der Waals surface area contributed by atoms with E-state index in [-0.39, 0.29) is 17.2 Å². The SMILES string of the molecule is NC(CCCCB(O)O)C1CCN(c2ncc(C(F)(F)F)cc2Cl)CC1.O=C=O. The maximum Gasteiger partial charge on any atom is 0.451 e. The maximum absolute atomic E-state index is 12.7. The molecule has 0 amide bonds. The Morgan fingerprint density at radius 1 is 1.31 bits per heavy atom. The number of hydrogen-bond acceptors (Lipinski definition) is 7. The van der Waals surface area contributed by atoms with Gasteiger partial charge in [-0.05, 0) is 37.6 Å². The van der Waals surface area contributed by atoms with Gasteiger partial charge < -0.3 is 20.7 Å². The van der Waals surface area contributed by atoms with Gasteiger partial charge in [-0.25, -0.2) is 4.98 Å². The van der Waals surface area contributed by atoms with E-state index in [1.165, 1.54) is 0 Å². The number of halogens is 4. The highest BCUT2D eigenvalue weighted by Gasteiger charge is 2.32. The predicted molar refractivity (Wildman–Crippen MR) is 101 cm³/mol. The van der Waals surface area contributed by atoms with Crippen molar-refractivity contribution in [3.63, 3.8) is 0 Å². The van der Waals surface area contributed by atoms with Crippen molar-refractivity contribution in [3.05, 3.63) is 22.8 Å². The first-order valence-electron chi connectivity index (χ1n) is 9.18. The molecule has 0 aromatic carbocycles. The van der Waals surface area contributed by atoms with Gasteiger partial charge in [0.1, 0.15) is 5.82 Å². The molecule has 1 aromatic heterocycles. The van der Waals surface area contributed by atoms with Crippen LogP contribution in [0.1, 0.15) is 37.7 Å². The maximum atomic E-state index is 12.7. The molecule has 1 saturated heterocycles. The van der Waals surface area contributed by atoms with Crippen LogP contribution in [0.25, 0.3) is 0 Å². The van der Waals surface area contributed by atoms with Crippen LogP contribution in [0.4, 0.5) is 19.0 Å². The first-order valence-corrected chi connectivity index (χ1v) is 9.56. The summed E-state index contributed by atoms with van der Waals surface area (Å²) in [6.07, 6.45) is 0.974. The topological polar surface area (TPSA) is 117 Å². The van der Waals surface area contributed by atoms with Gasteiger partial charge >= 0.3 is 19.4 Å². The second kappa shape index (κ2) is 12.1. The summed E-state index contributed by atoms with van der Waals surface area (Å²) in [5, 5.41) is 17.7. The molecule has 0 radical (unpaired) electrons.